The number of carbonyl (C=O) groups is 1. The van der Waals surface area contributed by atoms with Crippen LogP contribution in [0.4, 0.5) is 10.1 Å². The van der Waals surface area contributed by atoms with Crippen molar-refractivity contribution in [3.05, 3.63) is 71.7 Å². The first-order valence-electron chi connectivity index (χ1n) is 9.97. The summed E-state index contributed by atoms with van der Waals surface area (Å²) in [4.78, 5) is 12.4. The third-order valence-corrected chi connectivity index (χ3v) is 6.75. The van der Waals surface area contributed by atoms with Crippen LogP contribution in [0.3, 0.4) is 0 Å². The van der Waals surface area contributed by atoms with E-state index in [0.29, 0.717) is 36.6 Å². The summed E-state index contributed by atoms with van der Waals surface area (Å²) in [7, 11) is -3.07. The number of halogens is 1. The average molecular weight is 444 g/mol. The zero-order valence-corrected chi connectivity index (χ0v) is 17.6. The summed E-state index contributed by atoms with van der Waals surface area (Å²) in [5.74, 6) is 0.0335. The topological polar surface area (TPSA) is 90.7 Å². The zero-order valence-electron chi connectivity index (χ0n) is 16.8. The molecule has 1 N–H and O–H groups in total. The molecular formula is C22H22FN2O5P. The van der Waals surface area contributed by atoms with Crippen molar-refractivity contribution in [2.45, 2.75) is 25.4 Å². The monoisotopic (exact) mass is 444 g/mol. The molecule has 0 unspecified atom stereocenters. The van der Waals surface area contributed by atoms with Gasteiger partial charge in [0.15, 0.2) is 5.76 Å². The van der Waals surface area contributed by atoms with E-state index >= 15 is 0 Å². The van der Waals surface area contributed by atoms with Crippen LogP contribution in [0.2, 0.25) is 0 Å². The van der Waals surface area contributed by atoms with Gasteiger partial charge in [-0.1, -0.05) is 17.3 Å². The molecule has 2 heterocycles. The number of hydrogen-bond acceptors (Lipinski definition) is 6. The molecule has 1 aliphatic rings. The molecule has 1 aliphatic heterocycles. The highest BCUT2D eigenvalue weighted by molar-refractivity contribution is 7.53. The number of amides is 1. The third-order valence-electron chi connectivity index (χ3n) is 4.85. The lowest BCUT2D eigenvalue weighted by Crippen LogP contribution is -2.12. The molecule has 0 bridgehead atoms. The molecule has 1 aromatic heterocycles. The minimum absolute atomic E-state index is 0.161. The molecule has 0 aliphatic carbocycles. The molecule has 1 saturated heterocycles. The van der Waals surface area contributed by atoms with E-state index < -0.39 is 7.60 Å². The Bertz CT molecular complexity index is 1070. The van der Waals surface area contributed by atoms with Crippen LogP contribution in [-0.4, -0.2) is 24.3 Å². The number of rotatable bonds is 7. The summed E-state index contributed by atoms with van der Waals surface area (Å²) in [5, 5.41) is 6.64. The highest BCUT2D eigenvalue weighted by Gasteiger charge is 2.28. The standard InChI is InChI=1S/C22H22FN2O5P/c23-19-7-4-17(5-8-19)22-18(14-24-30-22)6-11-21(26)25-20-9-2-16(3-10-20)15-31(27)28-12-1-13-29-31/h2-5,7-10,14H,1,6,11-13,15H2,(H,25,26). The van der Waals surface area contributed by atoms with Gasteiger partial charge in [-0.3, -0.25) is 9.36 Å². The molecule has 0 atom stereocenters. The number of hydrogen-bond donors (Lipinski definition) is 1. The Morgan fingerprint density at radius 3 is 2.48 bits per heavy atom. The first-order valence-corrected chi connectivity index (χ1v) is 11.7. The van der Waals surface area contributed by atoms with E-state index in [-0.39, 0.29) is 24.3 Å². The lowest BCUT2D eigenvalue weighted by atomic mass is 10.1. The van der Waals surface area contributed by atoms with Gasteiger partial charge in [0, 0.05) is 23.2 Å². The van der Waals surface area contributed by atoms with Crippen molar-refractivity contribution in [1.82, 2.24) is 5.16 Å². The van der Waals surface area contributed by atoms with Crippen LogP contribution in [0.25, 0.3) is 11.3 Å². The maximum absolute atomic E-state index is 13.1. The van der Waals surface area contributed by atoms with Gasteiger partial charge in [0.2, 0.25) is 5.91 Å². The fourth-order valence-corrected chi connectivity index (χ4v) is 4.99. The van der Waals surface area contributed by atoms with E-state index in [9.17, 15) is 13.8 Å². The Hall–Kier alpha value is -2.80. The van der Waals surface area contributed by atoms with E-state index in [1.54, 1.807) is 42.6 Å². The fourth-order valence-electron chi connectivity index (χ4n) is 3.26. The van der Waals surface area contributed by atoms with Gasteiger partial charge in [-0.05, 0) is 54.8 Å². The maximum Gasteiger partial charge on any atom is 0.335 e. The van der Waals surface area contributed by atoms with Gasteiger partial charge >= 0.3 is 7.60 Å². The predicted octanol–water partition coefficient (Wildman–Crippen LogP) is 5.18. The first-order chi connectivity index (χ1) is 15.0. The SMILES string of the molecule is O=C(CCc1cnoc1-c1ccc(F)cc1)Nc1ccc(CP2(=O)OCCCO2)cc1. The quantitative estimate of drug-likeness (QED) is 0.505. The number of carbonyl (C=O) groups excluding carboxylic acids is 1. The second-order valence-corrected chi connectivity index (χ2v) is 9.28. The summed E-state index contributed by atoms with van der Waals surface area (Å²) < 4.78 is 41.5. The molecule has 31 heavy (non-hydrogen) atoms. The van der Waals surface area contributed by atoms with Gasteiger partial charge in [0.25, 0.3) is 0 Å². The molecule has 1 amide bonds. The Morgan fingerprint density at radius 1 is 1.06 bits per heavy atom. The number of anilines is 1. The molecule has 0 radical (unpaired) electrons. The van der Waals surface area contributed by atoms with Crippen molar-refractivity contribution in [3.63, 3.8) is 0 Å². The summed E-state index contributed by atoms with van der Waals surface area (Å²) in [6.07, 6.45) is 3.18. The van der Waals surface area contributed by atoms with E-state index in [4.69, 9.17) is 13.6 Å². The summed E-state index contributed by atoms with van der Waals surface area (Å²) in [6.45, 7) is 0.890. The van der Waals surface area contributed by atoms with E-state index in [2.05, 4.69) is 10.5 Å². The lowest BCUT2D eigenvalue weighted by Gasteiger charge is -2.22. The summed E-state index contributed by atoms with van der Waals surface area (Å²) >= 11 is 0. The smallest absolute Gasteiger partial charge is 0.335 e. The van der Waals surface area contributed by atoms with Crippen LogP contribution in [0, 0.1) is 5.82 Å². The number of nitrogens with one attached hydrogen (secondary N) is 1. The lowest BCUT2D eigenvalue weighted by molar-refractivity contribution is -0.116. The molecule has 0 spiro atoms. The Labute approximate surface area is 179 Å². The van der Waals surface area contributed by atoms with E-state index in [1.165, 1.54) is 12.1 Å². The molecule has 4 rings (SSSR count). The van der Waals surface area contributed by atoms with Crippen LogP contribution in [-0.2, 0) is 31.0 Å². The van der Waals surface area contributed by atoms with E-state index in [0.717, 1.165) is 17.5 Å². The van der Waals surface area contributed by atoms with Crippen LogP contribution in [0.1, 0.15) is 24.0 Å². The van der Waals surface area contributed by atoms with Crippen molar-refractivity contribution in [2.24, 2.45) is 0 Å². The first kappa shape index (κ1) is 21.4. The number of aromatic nitrogens is 1. The van der Waals surface area contributed by atoms with Gasteiger partial charge < -0.3 is 18.9 Å². The second-order valence-electron chi connectivity index (χ2n) is 7.22. The van der Waals surface area contributed by atoms with Crippen molar-refractivity contribution >= 4 is 19.2 Å². The van der Waals surface area contributed by atoms with Crippen molar-refractivity contribution in [1.29, 1.82) is 0 Å². The average Bonchev–Trinajstić information content (AvgIpc) is 3.23. The molecule has 0 saturated carbocycles. The van der Waals surface area contributed by atoms with Gasteiger partial charge in [-0.25, -0.2) is 4.39 Å². The number of benzene rings is 2. The van der Waals surface area contributed by atoms with Crippen molar-refractivity contribution < 1.29 is 27.3 Å². The Balaban J connectivity index is 1.31. The normalized spacial score (nSPS) is 15.5. The number of aryl methyl sites for hydroxylation is 1. The molecule has 7 nitrogen and oxygen atoms in total. The van der Waals surface area contributed by atoms with Crippen molar-refractivity contribution in [2.75, 3.05) is 18.5 Å². The minimum atomic E-state index is -3.07. The van der Waals surface area contributed by atoms with Gasteiger partial charge in [0.05, 0.1) is 25.6 Å². The molecular weight excluding hydrogens is 422 g/mol. The second kappa shape index (κ2) is 9.56. The Kier molecular flexibility index (Phi) is 6.61. The Morgan fingerprint density at radius 2 is 1.77 bits per heavy atom. The summed E-state index contributed by atoms with van der Waals surface area (Å²) in [6, 6.07) is 13.0. The fraction of sp³-hybridized carbons (Fsp3) is 0.273. The summed E-state index contributed by atoms with van der Waals surface area (Å²) in [5.41, 5.74) is 2.93. The van der Waals surface area contributed by atoms with Gasteiger partial charge in [0.1, 0.15) is 5.82 Å². The highest BCUT2D eigenvalue weighted by atomic mass is 31.2. The predicted molar refractivity (Wildman–Crippen MR) is 113 cm³/mol. The van der Waals surface area contributed by atoms with E-state index in [1.807, 2.05) is 0 Å². The highest BCUT2D eigenvalue weighted by Crippen LogP contribution is 2.53. The van der Waals surface area contributed by atoms with Gasteiger partial charge in [-0.2, -0.15) is 0 Å². The molecule has 162 valence electrons. The number of nitrogens with zero attached hydrogens (tertiary/aromatic N) is 1. The maximum atomic E-state index is 13.1. The molecule has 2 aromatic carbocycles. The van der Waals surface area contributed by atoms with Crippen molar-refractivity contribution in [3.8, 4) is 11.3 Å². The van der Waals surface area contributed by atoms with Crippen LogP contribution < -0.4 is 5.32 Å². The molecule has 1 fully saturated rings. The third kappa shape index (κ3) is 5.67. The molecule has 3 aromatic rings. The zero-order chi connectivity index (χ0) is 21.7. The van der Waals surface area contributed by atoms with Crippen LogP contribution >= 0.6 is 7.60 Å². The van der Waals surface area contributed by atoms with Crippen LogP contribution in [0.5, 0.6) is 0 Å². The van der Waals surface area contributed by atoms with Crippen LogP contribution in [0.15, 0.2) is 59.3 Å². The largest absolute Gasteiger partial charge is 0.356 e. The van der Waals surface area contributed by atoms with Gasteiger partial charge in [-0.15, -0.1) is 0 Å². The minimum Gasteiger partial charge on any atom is -0.356 e. The molecule has 9 heteroatoms.